The molecular formula is C29H28FN5O2. The van der Waals surface area contributed by atoms with Gasteiger partial charge in [0.25, 0.3) is 5.56 Å². The van der Waals surface area contributed by atoms with E-state index in [0.717, 1.165) is 30.3 Å². The van der Waals surface area contributed by atoms with Crippen LogP contribution in [-0.2, 0) is 18.2 Å². The van der Waals surface area contributed by atoms with Crippen LogP contribution in [-0.4, -0.2) is 34.2 Å². The summed E-state index contributed by atoms with van der Waals surface area (Å²) >= 11 is 0. The second kappa shape index (κ2) is 9.78. The number of hydrogen-bond donors (Lipinski definition) is 1. The van der Waals surface area contributed by atoms with Gasteiger partial charge in [-0.2, -0.15) is 0 Å². The smallest absolute Gasteiger partial charge is 0.255 e. The fourth-order valence-electron chi connectivity index (χ4n) is 5.27. The summed E-state index contributed by atoms with van der Waals surface area (Å²) in [6, 6.07) is 20.2. The third-order valence-electron chi connectivity index (χ3n) is 7.27. The number of anilines is 2. The molecule has 0 saturated carbocycles. The molecule has 3 heterocycles. The zero-order valence-electron chi connectivity index (χ0n) is 20.6. The average molecular weight is 498 g/mol. The lowest BCUT2D eigenvalue weighted by Crippen LogP contribution is -2.41. The van der Waals surface area contributed by atoms with Gasteiger partial charge in [-0.3, -0.25) is 14.3 Å². The maximum atomic E-state index is 14.3. The Balaban J connectivity index is 1.20. The lowest BCUT2D eigenvalue weighted by molar-refractivity contribution is 0.0390. The van der Waals surface area contributed by atoms with Crippen LogP contribution < -0.4 is 15.8 Å². The molecular weight excluding hydrogens is 469 g/mol. The molecule has 1 fully saturated rings. The largest absolute Gasteiger partial charge is 0.378 e. The van der Waals surface area contributed by atoms with Gasteiger partial charge in [0.15, 0.2) is 5.82 Å². The van der Waals surface area contributed by atoms with Gasteiger partial charge >= 0.3 is 0 Å². The number of nitrogens with one attached hydrogen (secondary N) is 1. The Kier molecular flexibility index (Phi) is 6.18. The Morgan fingerprint density at radius 2 is 1.95 bits per heavy atom. The van der Waals surface area contributed by atoms with Gasteiger partial charge < -0.3 is 15.0 Å². The highest BCUT2D eigenvalue weighted by atomic mass is 19.1. The van der Waals surface area contributed by atoms with Crippen LogP contribution in [0.5, 0.6) is 0 Å². The summed E-state index contributed by atoms with van der Waals surface area (Å²) in [5, 5.41) is 3.67. The van der Waals surface area contributed by atoms with E-state index >= 15 is 0 Å². The number of halogens is 1. The number of aromatic nitrogens is 3. The normalized spacial score (nSPS) is 19.0. The first kappa shape index (κ1) is 23.4. The third kappa shape index (κ3) is 4.60. The predicted octanol–water partition coefficient (Wildman–Crippen LogP) is 4.66. The zero-order valence-corrected chi connectivity index (χ0v) is 20.6. The first-order valence-corrected chi connectivity index (χ1v) is 12.6. The molecule has 1 N–H and O–H groups in total. The highest BCUT2D eigenvalue weighted by molar-refractivity contribution is 5.60. The van der Waals surface area contributed by atoms with Crippen molar-refractivity contribution < 1.29 is 9.13 Å². The predicted molar refractivity (Wildman–Crippen MR) is 141 cm³/mol. The monoisotopic (exact) mass is 497 g/mol. The van der Waals surface area contributed by atoms with E-state index < -0.39 is 5.82 Å². The second-order valence-electron chi connectivity index (χ2n) is 9.56. The van der Waals surface area contributed by atoms with E-state index in [4.69, 9.17) is 4.74 Å². The summed E-state index contributed by atoms with van der Waals surface area (Å²) in [5.74, 6) is -0.0194. The molecule has 1 aliphatic carbocycles. The standard InChI is InChI=1S/C29H28FN5O2/c1-34-28(36)16-26(23-12-13-31-17-24(23)30)33-29(34)35-14-15-37-27(18-35)20-6-9-21(10-7-20)32-25-11-8-19-4-2-3-5-22(19)25/h2-7,9-10,12-13,16-17,25,27,32H,8,11,14-15,18H2,1H3/t25?,27-/m1/s1. The van der Waals surface area contributed by atoms with Gasteiger partial charge in [-0.1, -0.05) is 36.4 Å². The van der Waals surface area contributed by atoms with Crippen molar-refractivity contribution in [1.82, 2.24) is 14.5 Å². The minimum atomic E-state index is -0.510. The number of rotatable bonds is 5. The molecule has 0 amide bonds. The van der Waals surface area contributed by atoms with E-state index in [2.05, 4.69) is 63.8 Å². The van der Waals surface area contributed by atoms with Crippen molar-refractivity contribution in [2.24, 2.45) is 7.05 Å². The van der Waals surface area contributed by atoms with Crippen LogP contribution in [0.1, 0.15) is 35.3 Å². The van der Waals surface area contributed by atoms with Gasteiger partial charge in [0.05, 0.1) is 31.1 Å². The van der Waals surface area contributed by atoms with E-state index in [0.29, 0.717) is 37.4 Å². The molecule has 1 aliphatic heterocycles. The molecule has 2 atom stereocenters. The van der Waals surface area contributed by atoms with Crippen LogP contribution >= 0.6 is 0 Å². The number of fused-ring (bicyclic) bond motifs is 1. The highest BCUT2D eigenvalue weighted by Gasteiger charge is 2.26. The summed E-state index contributed by atoms with van der Waals surface area (Å²) in [7, 11) is 1.68. The number of hydrogen-bond acceptors (Lipinski definition) is 6. The van der Waals surface area contributed by atoms with E-state index in [1.807, 2.05) is 4.90 Å². The molecule has 7 nitrogen and oxygen atoms in total. The molecule has 1 unspecified atom stereocenters. The SMILES string of the molecule is Cn1c(N2CCO[C@@H](c3ccc(NC4CCc5ccccc54)cc3)C2)nc(-c2ccncc2F)cc1=O. The van der Waals surface area contributed by atoms with Gasteiger partial charge in [0, 0.05) is 37.1 Å². The number of aryl methyl sites for hydroxylation is 1. The number of benzene rings is 2. The fourth-order valence-corrected chi connectivity index (χ4v) is 5.27. The van der Waals surface area contributed by atoms with Gasteiger partial charge in [-0.15, -0.1) is 0 Å². The summed E-state index contributed by atoms with van der Waals surface area (Å²) in [6.07, 6.45) is 4.64. The summed E-state index contributed by atoms with van der Waals surface area (Å²) in [6.45, 7) is 1.61. The van der Waals surface area contributed by atoms with Crippen LogP contribution in [0.3, 0.4) is 0 Å². The fraction of sp³-hybridized carbons (Fsp3) is 0.276. The number of morpholine rings is 1. The van der Waals surface area contributed by atoms with Crippen LogP contribution in [0.25, 0.3) is 11.3 Å². The Morgan fingerprint density at radius 3 is 2.78 bits per heavy atom. The van der Waals surface area contributed by atoms with E-state index in [1.165, 1.54) is 34.0 Å². The lowest BCUT2D eigenvalue weighted by atomic mass is 10.1. The average Bonchev–Trinajstić information content (AvgIpc) is 3.34. The molecule has 2 aromatic heterocycles. The topological polar surface area (TPSA) is 72.3 Å². The van der Waals surface area contributed by atoms with Crippen molar-refractivity contribution in [1.29, 1.82) is 0 Å². The van der Waals surface area contributed by atoms with Crippen LogP contribution in [0.15, 0.2) is 77.9 Å². The van der Waals surface area contributed by atoms with Gasteiger partial charge in [0.2, 0.25) is 5.95 Å². The maximum Gasteiger partial charge on any atom is 0.255 e. The van der Waals surface area contributed by atoms with E-state index in [9.17, 15) is 9.18 Å². The first-order chi connectivity index (χ1) is 18.1. The molecule has 8 heteroatoms. The van der Waals surface area contributed by atoms with Gasteiger partial charge in [-0.05, 0) is 47.7 Å². The second-order valence-corrected chi connectivity index (χ2v) is 9.56. The molecule has 0 radical (unpaired) electrons. The molecule has 1 saturated heterocycles. The quantitative estimate of drug-likeness (QED) is 0.433. The first-order valence-electron chi connectivity index (χ1n) is 12.6. The van der Waals surface area contributed by atoms with Crippen molar-refractivity contribution in [3.05, 3.63) is 106 Å². The van der Waals surface area contributed by atoms with Crippen molar-refractivity contribution >= 4 is 11.6 Å². The molecule has 2 aromatic carbocycles. The van der Waals surface area contributed by atoms with Gasteiger partial charge in [-0.25, -0.2) is 9.37 Å². The number of pyridine rings is 1. The lowest BCUT2D eigenvalue weighted by Gasteiger charge is -2.34. The third-order valence-corrected chi connectivity index (χ3v) is 7.27. The molecule has 0 spiro atoms. The van der Waals surface area contributed by atoms with Crippen LogP contribution in [0, 0.1) is 5.82 Å². The van der Waals surface area contributed by atoms with E-state index in [1.54, 1.807) is 7.05 Å². The number of ether oxygens (including phenoxy) is 1. The summed E-state index contributed by atoms with van der Waals surface area (Å²) in [4.78, 5) is 23.2. The van der Waals surface area contributed by atoms with Crippen molar-refractivity contribution in [2.75, 3.05) is 29.9 Å². The maximum absolute atomic E-state index is 14.3. The summed E-state index contributed by atoms with van der Waals surface area (Å²) in [5.41, 5.74) is 5.24. The minimum Gasteiger partial charge on any atom is -0.378 e. The summed E-state index contributed by atoms with van der Waals surface area (Å²) < 4.78 is 21.9. The van der Waals surface area contributed by atoms with Crippen molar-refractivity contribution in [3.63, 3.8) is 0 Å². The van der Waals surface area contributed by atoms with Crippen LogP contribution in [0.2, 0.25) is 0 Å². The van der Waals surface area contributed by atoms with Crippen molar-refractivity contribution in [2.45, 2.75) is 25.0 Å². The number of nitrogens with zero attached hydrogens (tertiary/aromatic N) is 4. The highest BCUT2D eigenvalue weighted by Crippen LogP contribution is 2.34. The molecule has 37 heavy (non-hydrogen) atoms. The minimum absolute atomic E-state index is 0.173. The van der Waals surface area contributed by atoms with Gasteiger partial charge in [0.1, 0.15) is 6.10 Å². The molecule has 6 rings (SSSR count). The zero-order chi connectivity index (χ0) is 25.4. The molecule has 4 aromatic rings. The van der Waals surface area contributed by atoms with E-state index in [-0.39, 0.29) is 17.2 Å². The Hall–Kier alpha value is -4.04. The Morgan fingerprint density at radius 1 is 1.11 bits per heavy atom. The molecule has 2 aliphatic rings. The Bertz CT molecular complexity index is 1490. The van der Waals surface area contributed by atoms with Crippen LogP contribution in [0.4, 0.5) is 16.0 Å². The molecule has 0 bridgehead atoms. The molecule has 188 valence electrons. The van der Waals surface area contributed by atoms with Crippen molar-refractivity contribution in [3.8, 4) is 11.3 Å². The Labute approximate surface area is 214 Å².